The van der Waals surface area contributed by atoms with Gasteiger partial charge in [0, 0.05) is 36.6 Å². The summed E-state index contributed by atoms with van der Waals surface area (Å²) in [6.07, 6.45) is 3.18. The highest BCUT2D eigenvalue weighted by atomic mass is 32.2. The number of hydrogen-bond acceptors (Lipinski definition) is 4. The second-order valence-electron chi connectivity index (χ2n) is 10.5. The molecule has 40 heavy (non-hydrogen) atoms. The predicted molar refractivity (Wildman–Crippen MR) is 158 cm³/mol. The quantitative estimate of drug-likeness (QED) is 0.269. The molecule has 1 amide bonds. The van der Waals surface area contributed by atoms with E-state index >= 15 is 0 Å². The third-order valence-corrected chi connectivity index (χ3v) is 8.85. The van der Waals surface area contributed by atoms with Crippen molar-refractivity contribution in [1.29, 1.82) is 0 Å². The Morgan fingerprint density at radius 1 is 0.950 bits per heavy atom. The molecule has 0 saturated heterocycles. The van der Waals surface area contributed by atoms with Crippen LogP contribution in [0.1, 0.15) is 48.9 Å². The van der Waals surface area contributed by atoms with E-state index in [9.17, 15) is 18.0 Å². The van der Waals surface area contributed by atoms with Crippen LogP contribution in [-0.2, 0) is 28.4 Å². The number of carbonyl (C=O) groups excluding carboxylic acids is 1. The van der Waals surface area contributed by atoms with Gasteiger partial charge >= 0.3 is 5.69 Å². The molecule has 2 heterocycles. The Kier molecular flexibility index (Phi) is 7.42. The van der Waals surface area contributed by atoms with E-state index in [-0.39, 0.29) is 17.0 Å². The first-order chi connectivity index (χ1) is 19.1. The smallest absolute Gasteiger partial charge is 0.329 e. The summed E-state index contributed by atoms with van der Waals surface area (Å²) in [5.74, 6) is -0.646. The molecule has 1 unspecified atom stereocenters. The standard InChI is InChI=1S/C31H34N4O4S/c1-5-10-24(18-29(36)32-40(38,39)25-12-7-6-8-13-25)35-28-17-21(2)15-16-26(28)34(31(35)37)20-23-19-33(4)27-14-9-11-22(3)30(23)27/h6-9,11-17,19,24H,5,10,18,20H2,1-4H3,(H,32,36). The molecule has 208 valence electrons. The molecule has 5 aromatic rings. The lowest BCUT2D eigenvalue weighted by molar-refractivity contribution is -0.120. The fourth-order valence-corrected chi connectivity index (χ4v) is 6.65. The van der Waals surface area contributed by atoms with Crippen LogP contribution in [0.15, 0.2) is 82.6 Å². The van der Waals surface area contributed by atoms with Gasteiger partial charge in [-0.25, -0.2) is 17.9 Å². The van der Waals surface area contributed by atoms with E-state index < -0.39 is 22.0 Å². The normalized spacial score (nSPS) is 12.7. The largest absolute Gasteiger partial charge is 0.350 e. The maximum atomic E-state index is 14.1. The summed E-state index contributed by atoms with van der Waals surface area (Å²) in [4.78, 5) is 27.2. The first kappa shape index (κ1) is 27.5. The molecule has 9 heteroatoms. The zero-order valence-corrected chi connectivity index (χ0v) is 24.0. The predicted octanol–water partition coefficient (Wildman–Crippen LogP) is 5.20. The van der Waals surface area contributed by atoms with Gasteiger partial charge in [0.15, 0.2) is 0 Å². The average molecular weight is 559 g/mol. The summed E-state index contributed by atoms with van der Waals surface area (Å²) >= 11 is 0. The van der Waals surface area contributed by atoms with Crippen LogP contribution >= 0.6 is 0 Å². The molecule has 2 aromatic heterocycles. The van der Waals surface area contributed by atoms with Crippen LogP contribution in [0, 0.1) is 13.8 Å². The van der Waals surface area contributed by atoms with Gasteiger partial charge in [0.2, 0.25) is 5.91 Å². The molecule has 5 rings (SSSR count). The van der Waals surface area contributed by atoms with Gasteiger partial charge < -0.3 is 4.57 Å². The lowest BCUT2D eigenvalue weighted by Crippen LogP contribution is -2.35. The van der Waals surface area contributed by atoms with E-state index in [0.29, 0.717) is 13.0 Å². The zero-order valence-electron chi connectivity index (χ0n) is 23.2. The van der Waals surface area contributed by atoms with E-state index in [0.717, 1.165) is 45.0 Å². The van der Waals surface area contributed by atoms with E-state index in [1.807, 2.05) is 45.2 Å². The number of nitrogens with one attached hydrogen (secondary N) is 1. The Labute approximate surface area is 233 Å². The van der Waals surface area contributed by atoms with Crippen LogP contribution in [0.25, 0.3) is 21.9 Å². The highest BCUT2D eigenvalue weighted by molar-refractivity contribution is 7.90. The first-order valence-electron chi connectivity index (χ1n) is 13.5. The lowest BCUT2D eigenvalue weighted by Gasteiger charge is -2.18. The van der Waals surface area contributed by atoms with Gasteiger partial charge in [0.25, 0.3) is 10.0 Å². The average Bonchev–Trinajstić information content (AvgIpc) is 3.37. The van der Waals surface area contributed by atoms with Crippen LogP contribution in [0.5, 0.6) is 0 Å². The Bertz CT molecular complexity index is 1880. The SMILES string of the molecule is CCCC(CC(=O)NS(=O)(=O)c1ccccc1)n1c(=O)n(Cc2cn(C)c3cccc(C)c23)c2ccc(C)cc21. The number of sulfonamides is 1. The van der Waals surface area contributed by atoms with Crippen molar-refractivity contribution in [3.8, 4) is 0 Å². The van der Waals surface area contributed by atoms with Gasteiger partial charge in [0.1, 0.15) is 0 Å². The molecule has 0 bridgehead atoms. The number of aryl methyl sites for hydroxylation is 3. The third-order valence-electron chi connectivity index (χ3n) is 7.46. The molecule has 0 aliphatic carbocycles. The van der Waals surface area contributed by atoms with Crippen molar-refractivity contribution >= 4 is 37.9 Å². The third kappa shape index (κ3) is 5.09. The van der Waals surface area contributed by atoms with Crippen molar-refractivity contribution in [1.82, 2.24) is 18.4 Å². The molecule has 0 radical (unpaired) electrons. The first-order valence-corrected chi connectivity index (χ1v) is 14.9. The van der Waals surface area contributed by atoms with Crippen molar-refractivity contribution in [2.45, 2.75) is 57.5 Å². The molecule has 0 fully saturated rings. The number of hydrogen-bond donors (Lipinski definition) is 1. The van der Waals surface area contributed by atoms with Crippen molar-refractivity contribution in [2.24, 2.45) is 7.05 Å². The molecule has 1 N–H and O–H groups in total. The Morgan fingerprint density at radius 3 is 2.42 bits per heavy atom. The van der Waals surface area contributed by atoms with Gasteiger partial charge in [0.05, 0.1) is 22.5 Å². The van der Waals surface area contributed by atoms with E-state index in [1.54, 1.807) is 27.3 Å². The molecule has 3 aromatic carbocycles. The van der Waals surface area contributed by atoms with Crippen LogP contribution in [0.3, 0.4) is 0 Å². The van der Waals surface area contributed by atoms with Crippen molar-refractivity contribution in [3.63, 3.8) is 0 Å². The highest BCUT2D eigenvalue weighted by Gasteiger charge is 2.26. The number of imidazole rings is 1. The molecule has 1 atom stereocenters. The number of carbonyl (C=O) groups is 1. The van der Waals surface area contributed by atoms with Crippen LogP contribution in [0.4, 0.5) is 0 Å². The maximum absolute atomic E-state index is 14.1. The zero-order chi connectivity index (χ0) is 28.6. The molecule has 0 aliphatic heterocycles. The fraction of sp³-hybridized carbons (Fsp3) is 0.290. The number of nitrogens with zero attached hydrogens (tertiary/aromatic N) is 3. The van der Waals surface area contributed by atoms with Gasteiger partial charge in [-0.2, -0.15) is 0 Å². The summed E-state index contributed by atoms with van der Waals surface area (Å²) in [7, 11) is -2.01. The number of benzene rings is 3. The van der Waals surface area contributed by atoms with Gasteiger partial charge in [-0.15, -0.1) is 0 Å². The molecule has 8 nitrogen and oxygen atoms in total. The van der Waals surface area contributed by atoms with Crippen molar-refractivity contribution < 1.29 is 13.2 Å². The summed E-state index contributed by atoms with van der Waals surface area (Å²) in [6.45, 7) is 6.40. The number of aromatic nitrogens is 3. The van der Waals surface area contributed by atoms with Gasteiger partial charge in [-0.1, -0.05) is 49.7 Å². The molecule has 0 saturated carbocycles. The van der Waals surface area contributed by atoms with Gasteiger partial charge in [-0.3, -0.25) is 13.9 Å². The minimum atomic E-state index is -4.01. The van der Waals surface area contributed by atoms with Crippen molar-refractivity contribution in [3.05, 3.63) is 100 Å². The van der Waals surface area contributed by atoms with Crippen molar-refractivity contribution in [2.75, 3.05) is 0 Å². The molecule has 0 aliphatic rings. The summed E-state index contributed by atoms with van der Waals surface area (Å²) in [5, 5.41) is 1.13. The Balaban J connectivity index is 1.56. The lowest BCUT2D eigenvalue weighted by atomic mass is 10.1. The van der Waals surface area contributed by atoms with Crippen LogP contribution in [0.2, 0.25) is 0 Å². The minimum absolute atomic E-state index is 0.0187. The second kappa shape index (κ2) is 10.8. The molecular weight excluding hydrogens is 524 g/mol. The van der Waals surface area contributed by atoms with Crippen LogP contribution in [-0.4, -0.2) is 28.0 Å². The highest BCUT2D eigenvalue weighted by Crippen LogP contribution is 2.28. The monoisotopic (exact) mass is 558 g/mol. The Morgan fingerprint density at radius 2 is 1.70 bits per heavy atom. The fourth-order valence-electron chi connectivity index (χ4n) is 5.64. The number of rotatable bonds is 9. The van der Waals surface area contributed by atoms with E-state index in [4.69, 9.17) is 0 Å². The van der Waals surface area contributed by atoms with Gasteiger partial charge in [-0.05, 0) is 67.3 Å². The summed E-state index contributed by atoms with van der Waals surface area (Å²) in [6, 6.07) is 19.3. The number of amides is 1. The molecule has 0 spiro atoms. The topological polar surface area (TPSA) is 95.1 Å². The summed E-state index contributed by atoms with van der Waals surface area (Å²) < 4.78 is 33.3. The second-order valence-corrected chi connectivity index (χ2v) is 12.1. The van der Waals surface area contributed by atoms with E-state index in [2.05, 4.69) is 34.5 Å². The number of fused-ring (bicyclic) bond motifs is 2. The Hall–Kier alpha value is -4.11. The maximum Gasteiger partial charge on any atom is 0.329 e. The summed E-state index contributed by atoms with van der Waals surface area (Å²) in [5.41, 5.74) is 5.56. The molecular formula is C31H34N4O4S. The van der Waals surface area contributed by atoms with Crippen LogP contribution < -0.4 is 10.4 Å². The van der Waals surface area contributed by atoms with E-state index in [1.165, 1.54) is 12.1 Å². The minimum Gasteiger partial charge on any atom is -0.350 e.